The molecule has 0 spiro atoms. The molecule has 0 bridgehead atoms. The molecule has 4 N–H and O–H groups in total. The molecule has 0 radical (unpaired) electrons. The Labute approximate surface area is 118 Å². The van der Waals surface area contributed by atoms with Gasteiger partial charge in [-0.2, -0.15) is 0 Å². The second-order valence-electron chi connectivity index (χ2n) is 5.01. The second kappa shape index (κ2) is 6.38. The molecule has 1 aromatic rings. The van der Waals surface area contributed by atoms with Crippen LogP contribution in [-0.4, -0.2) is 54.3 Å². The third-order valence-corrected chi connectivity index (χ3v) is 3.41. The Hall–Kier alpha value is -2.08. The maximum Gasteiger partial charge on any atom is 0.253 e. The summed E-state index contributed by atoms with van der Waals surface area (Å²) in [6.07, 6.45) is 0.841. The predicted molar refractivity (Wildman–Crippen MR) is 77.0 cm³/mol. The first-order chi connectivity index (χ1) is 9.56. The van der Waals surface area contributed by atoms with E-state index < -0.39 is 0 Å². The van der Waals surface area contributed by atoms with Crippen molar-refractivity contribution in [2.24, 2.45) is 5.73 Å². The van der Waals surface area contributed by atoms with Gasteiger partial charge in [0.25, 0.3) is 5.91 Å². The quantitative estimate of drug-likeness (QED) is 0.754. The van der Waals surface area contributed by atoms with E-state index in [4.69, 9.17) is 11.5 Å². The predicted octanol–water partition coefficient (Wildman–Crippen LogP) is -0.0980. The molecule has 0 aromatic heterocycles. The molecule has 2 rings (SSSR count). The fourth-order valence-electron chi connectivity index (χ4n) is 2.36. The molecule has 20 heavy (non-hydrogen) atoms. The van der Waals surface area contributed by atoms with Crippen LogP contribution in [0.4, 0.5) is 5.69 Å². The molecule has 6 nitrogen and oxygen atoms in total. The monoisotopic (exact) mass is 276 g/mol. The number of nitrogen functional groups attached to an aromatic ring is 1. The Morgan fingerprint density at radius 3 is 2.40 bits per heavy atom. The minimum absolute atomic E-state index is 0.00549. The lowest BCUT2D eigenvalue weighted by Gasteiger charge is -2.21. The molecule has 1 heterocycles. The summed E-state index contributed by atoms with van der Waals surface area (Å²) in [6.45, 7) is 3.01. The summed E-state index contributed by atoms with van der Waals surface area (Å²) >= 11 is 0. The maximum absolute atomic E-state index is 12.4. The summed E-state index contributed by atoms with van der Waals surface area (Å²) in [6, 6.07) is 6.93. The van der Waals surface area contributed by atoms with E-state index in [1.165, 1.54) is 0 Å². The highest BCUT2D eigenvalue weighted by molar-refractivity contribution is 5.94. The molecule has 1 aliphatic heterocycles. The van der Waals surface area contributed by atoms with Gasteiger partial charge in [-0.3, -0.25) is 14.5 Å². The number of hydrogen-bond donors (Lipinski definition) is 2. The van der Waals surface area contributed by atoms with E-state index in [-0.39, 0.29) is 18.4 Å². The molecule has 2 amide bonds. The minimum atomic E-state index is -0.330. The highest BCUT2D eigenvalue weighted by atomic mass is 16.2. The smallest absolute Gasteiger partial charge is 0.253 e. The summed E-state index contributed by atoms with van der Waals surface area (Å²) in [5, 5.41) is 0. The average molecular weight is 276 g/mol. The minimum Gasteiger partial charge on any atom is -0.399 e. The number of nitrogens with zero attached hydrogens (tertiary/aromatic N) is 2. The third kappa shape index (κ3) is 3.71. The summed E-state index contributed by atoms with van der Waals surface area (Å²) in [5.74, 6) is -0.325. The Bertz CT molecular complexity index is 486. The molecule has 0 saturated carbocycles. The summed E-state index contributed by atoms with van der Waals surface area (Å²) in [4.78, 5) is 27.1. The fourth-order valence-corrected chi connectivity index (χ4v) is 2.36. The Morgan fingerprint density at radius 2 is 1.75 bits per heavy atom. The van der Waals surface area contributed by atoms with Crippen molar-refractivity contribution in [2.45, 2.75) is 6.42 Å². The molecule has 0 unspecified atom stereocenters. The van der Waals surface area contributed by atoms with Crippen LogP contribution in [0.5, 0.6) is 0 Å². The van der Waals surface area contributed by atoms with Crippen molar-refractivity contribution in [2.75, 3.05) is 38.5 Å². The van der Waals surface area contributed by atoms with E-state index in [0.29, 0.717) is 30.9 Å². The van der Waals surface area contributed by atoms with Gasteiger partial charge in [-0.25, -0.2) is 0 Å². The summed E-state index contributed by atoms with van der Waals surface area (Å²) in [7, 11) is 0. The lowest BCUT2D eigenvalue weighted by Crippen LogP contribution is -2.38. The van der Waals surface area contributed by atoms with Gasteiger partial charge in [0.05, 0.1) is 6.54 Å². The van der Waals surface area contributed by atoms with Gasteiger partial charge in [0.1, 0.15) is 0 Å². The van der Waals surface area contributed by atoms with Gasteiger partial charge >= 0.3 is 0 Å². The molecular formula is C14H20N4O2. The van der Waals surface area contributed by atoms with Crippen LogP contribution >= 0.6 is 0 Å². The molecule has 1 saturated heterocycles. The van der Waals surface area contributed by atoms with Gasteiger partial charge in [-0.15, -0.1) is 0 Å². The SMILES string of the molecule is NC(=O)CN1CCCN(C(=O)c2ccc(N)cc2)CC1. The molecule has 1 aliphatic rings. The number of primary amides is 1. The van der Waals surface area contributed by atoms with Gasteiger partial charge < -0.3 is 16.4 Å². The van der Waals surface area contributed by atoms with E-state index in [1.807, 2.05) is 9.80 Å². The number of hydrogen-bond acceptors (Lipinski definition) is 4. The van der Waals surface area contributed by atoms with Crippen molar-refractivity contribution in [3.8, 4) is 0 Å². The summed E-state index contributed by atoms with van der Waals surface area (Å²) in [5.41, 5.74) is 12.1. The van der Waals surface area contributed by atoms with E-state index in [1.54, 1.807) is 24.3 Å². The Morgan fingerprint density at radius 1 is 1.05 bits per heavy atom. The zero-order chi connectivity index (χ0) is 14.5. The van der Waals surface area contributed by atoms with Crippen LogP contribution in [0.15, 0.2) is 24.3 Å². The highest BCUT2D eigenvalue weighted by Crippen LogP contribution is 2.11. The number of benzene rings is 1. The van der Waals surface area contributed by atoms with Gasteiger partial charge in [0, 0.05) is 37.4 Å². The third-order valence-electron chi connectivity index (χ3n) is 3.41. The highest BCUT2D eigenvalue weighted by Gasteiger charge is 2.20. The number of anilines is 1. The fraction of sp³-hybridized carbons (Fsp3) is 0.429. The lowest BCUT2D eigenvalue weighted by molar-refractivity contribution is -0.119. The van der Waals surface area contributed by atoms with Crippen LogP contribution in [0.25, 0.3) is 0 Å². The Balaban J connectivity index is 1.97. The molecule has 1 fully saturated rings. The maximum atomic E-state index is 12.4. The zero-order valence-corrected chi connectivity index (χ0v) is 11.4. The van der Waals surface area contributed by atoms with Crippen LogP contribution in [0.2, 0.25) is 0 Å². The van der Waals surface area contributed by atoms with E-state index in [2.05, 4.69) is 0 Å². The molecule has 6 heteroatoms. The van der Waals surface area contributed by atoms with Crippen LogP contribution in [0.1, 0.15) is 16.8 Å². The average Bonchev–Trinajstić information content (AvgIpc) is 2.64. The normalized spacial score (nSPS) is 16.7. The first-order valence-electron chi connectivity index (χ1n) is 6.72. The number of nitrogens with two attached hydrogens (primary N) is 2. The van der Waals surface area contributed by atoms with Crippen LogP contribution in [0, 0.1) is 0 Å². The van der Waals surface area contributed by atoms with Crippen LogP contribution in [0.3, 0.4) is 0 Å². The van der Waals surface area contributed by atoms with Gasteiger partial charge in [0.15, 0.2) is 0 Å². The summed E-state index contributed by atoms with van der Waals surface area (Å²) < 4.78 is 0. The molecule has 0 aliphatic carbocycles. The van der Waals surface area contributed by atoms with Crippen molar-refractivity contribution >= 4 is 17.5 Å². The second-order valence-corrected chi connectivity index (χ2v) is 5.01. The molecular weight excluding hydrogens is 256 g/mol. The Kier molecular flexibility index (Phi) is 4.57. The van der Waals surface area contributed by atoms with Crippen molar-refractivity contribution in [3.63, 3.8) is 0 Å². The first-order valence-corrected chi connectivity index (χ1v) is 6.72. The van der Waals surface area contributed by atoms with Gasteiger partial charge in [-0.05, 0) is 30.7 Å². The van der Waals surface area contributed by atoms with Gasteiger partial charge in [-0.1, -0.05) is 0 Å². The first kappa shape index (κ1) is 14.3. The molecule has 0 atom stereocenters. The number of rotatable bonds is 3. The number of carbonyl (C=O) groups is 2. The van der Waals surface area contributed by atoms with E-state index in [9.17, 15) is 9.59 Å². The van der Waals surface area contributed by atoms with E-state index >= 15 is 0 Å². The largest absolute Gasteiger partial charge is 0.399 e. The standard InChI is InChI=1S/C14H20N4O2/c15-12-4-2-11(3-5-12)14(20)18-7-1-6-17(8-9-18)10-13(16)19/h2-5H,1,6-10,15H2,(H2,16,19). The molecule has 1 aromatic carbocycles. The lowest BCUT2D eigenvalue weighted by atomic mass is 10.2. The topological polar surface area (TPSA) is 92.7 Å². The zero-order valence-electron chi connectivity index (χ0n) is 11.4. The number of amides is 2. The van der Waals surface area contributed by atoms with Crippen molar-refractivity contribution in [1.29, 1.82) is 0 Å². The van der Waals surface area contributed by atoms with Gasteiger partial charge in [0.2, 0.25) is 5.91 Å². The van der Waals surface area contributed by atoms with Crippen LogP contribution in [-0.2, 0) is 4.79 Å². The van der Waals surface area contributed by atoms with Crippen molar-refractivity contribution < 1.29 is 9.59 Å². The van der Waals surface area contributed by atoms with Crippen molar-refractivity contribution in [1.82, 2.24) is 9.80 Å². The van der Waals surface area contributed by atoms with Crippen molar-refractivity contribution in [3.05, 3.63) is 29.8 Å². The van der Waals surface area contributed by atoms with E-state index in [0.717, 1.165) is 13.0 Å². The number of carbonyl (C=O) groups excluding carboxylic acids is 2. The molecule has 108 valence electrons. The van der Waals surface area contributed by atoms with Crippen LogP contribution < -0.4 is 11.5 Å².